The van der Waals surface area contributed by atoms with Crippen molar-refractivity contribution < 1.29 is 33.8 Å². The molecule has 0 radical (unpaired) electrons. The Balaban J connectivity index is 1.88. The van der Waals surface area contributed by atoms with Crippen molar-refractivity contribution in [3.05, 3.63) is 84.2 Å². The van der Waals surface area contributed by atoms with Crippen molar-refractivity contribution in [2.75, 3.05) is 11.9 Å². The number of nitrogens with one attached hydrogen (secondary N) is 1. The molecule has 0 aromatic heterocycles. The minimum atomic E-state index is -2.63. The molecule has 35 heavy (non-hydrogen) atoms. The molecule has 0 aliphatic heterocycles. The molecule has 2 amide bonds. The predicted molar refractivity (Wildman–Crippen MR) is 127 cm³/mol. The zero-order chi connectivity index (χ0) is 25.4. The van der Waals surface area contributed by atoms with Gasteiger partial charge in [0.25, 0.3) is 11.4 Å². The number of carboxylic acid groups (broad SMARTS) is 1. The van der Waals surface area contributed by atoms with Crippen LogP contribution in [0.3, 0.4) is 0 Å². The van der Waals surface area contributed by atoms with Crippen LogP contribution in [0.2, 0.25) is 0 Å². The van der Waals surface area contributed by atoms with Crippen molar-refractivity contribution >= 4 is 24.0 Å². The minimum absolute atomic E-state index is 0.0251. The number of hydrogen-bond acceptors (Lipinski definition) is 5. The molecule has 0 spiro atoms. The number of hydroxylamine groups is 2. The maximum absolute atomic E-state index is 13.5. The maximum atomic E-state index is 13.5. The molecular formula is C26H25FN2O6. The average molecular weight is 480 g/mol. The Labute approximate surface area is 201 Å². The van der Waals surface area contributed by atoms with Crippen LogP contribution in [-0.2, 0) is 20.8 Å². The lowest BCUT2D eigenvalue weighted by atomic mass is 9.93. The lowest BCUT2D eigenvalue weighted by Crippen LogP contribution is -2.63. The zero-order valence-corrected chi connectivity index (χ0v) is 19.0. The number of carbonyl (C=O) groups excluding carboxylic acids is 2. The molecule has 0 saturated carbocycles. The fourth-order valence-electron chi connectivity index (χ4n) is 3.53. The summed E-state index contributed by atoms with van der Waals surface area (Å²) in [6.45, 7) is 1.32. The van der Waals surface area contributed by atoms with Crippen LogP contribution < -0.4 is 10.2 Å². The number of hydrogen-bond donors (Lipinski definition) is 3. The van der Waals surface area contributed by atoms with E-state index in [-0.39, 0.29) is 17.8 Å². The van der Waals surface area contributed by atoms with Crippen molar-refractivity contribution in [1.82, 2.24) is 5.06 Å². The van der Waals surface area contributed by atoms with Crippen molar-refractivity contribution in [3.63, 3.8) is 0 Å². The molecule has 0 fully saturated rings. The van der Waals surface area contributed by atoms with Crippen molar-refractivity contribution in [2.45, 2.75) is 25.3 Å². The Morgan fingerprint density at radius 3 is 2.20 bits per heavy atom. The molecule has 9 heteroatoms. The number of nitrogens with zero attached hydrogens (tertiary/aromatic N) is 1. The van der Waals surface area contributed by atoms with Gasteiger partial charge in [0.1, 0.15) is 5.82 Å². The molecular weight excluding hydrogens is 455 g/mol. The van der Waals surface area contributed by atoms with Crippen molar-refractivity contribution in [1.29, 1.82) is 0 Å². The van der Waals surface area contributed by atoms with Gasteiger partial charge in [0, 0.05) is 18.7 Å². The number of amides is 2. The van der Waals surface area contributed by atoms with Gasteiger partial charge in [0.2, 0.25) is 6.41 Å². The quantitative estimate of drug-likeness (QED) is 0.219. The van der Waals surface area contributed by atoms with E-state index >= 15 is 0 Å². The van der Waals surface area contributed by atoms with Gasteiger partial charge >= 0.3 is 5.97 Å². The van der Waals surface area contributed by atoms with Crippen LogP contribution in [0.4, 0.5) is 10.1 Å². The van der Waals surface area contributed by atoms with E-state index in [0.29, 0.717) is 5.06 Å². The molecule has 0 saturated heterocycles. The first-order chi connectivity index (χ1) is 16.8. The highest BCUT2D eigenvalue weighted by Gasteiger charge is 2.53. The van der Waals surface area contributed by atoms with Gasteiger partial charge in [-0.05, 0) is 53.4 Å². The summed E-state index contributed by atoms with van der Waals surface area (Å²) in [5.74, 6) is -3.49. The molecule has 3 N–H and O–H groups in total. The molecule has 0 aliphatic carbocycles. The van der Waals surface area contributed by atoms with Crippen LogP contribution in [0.5, 0.6) is 5.75 Å². The minimum Gasteiger partial charge on any atom is -0.479 e. The smallest absolute Gasteiger partial charge is 0.343 e. The van der Waals surface area contributed by atoms with Crippen LogP contribution in [0, 0.1) is 5.82 Å². The monoisotopic (exact) mass is 480 g/mol. The van der Waals surface area contributed by atoms with E-state index in [1.54, 1.807) is 12.1 Å². The highest BCUT2D eigenvalue weighted by atomic mass is 19.1. The molecule has 3 aromatic rings. The van der Waals surface area contributed by atoms with Gasteiger partial charge in [0.15, 0.2) is 5.75 Å². The molecule has 0 unspecified atom stereocenters. The highest BCUT2D eigenvalue weighted by Crippen LogP contribution is 2.27. The molecule has 182 valence electrons. The van der Waals surface area contributed by atoms with Gasteiger partial charge < -0.3 is 20.4 Å². The summed E-state index contributed by atoms with van der Waals surface area (Å²) in [6, 6.07) is 19.3. The van der Waals surface area contributed by atoms with Crippen LogP contribution >= 0.6 is 0 Å². The molecule has 8 nitrogen and oxygen atoms in total. The summed E-state index contributed by atoms with van der Waals surface area (Å²) in [5.41, 5.74) is 0.359. The van der Waals surface area contributed by atoms with E-state index < -0.39 is 36.3 Å². The van der Waals surface area contributed by atoms with Gasteiger partial charge in [-0.2, -0.15) is 5.06 Å². The second-order valence-electron chi connectivity index (χ2n) is 7.70. The molecule has 3 aromatic carbocycles. The summed E-state index contributed by atoms with van der Waals surface area (Å²) in [5, 5.41) is 22.1. The summed E-state index contributed by atoms with van der Waals surface area (Å²) in [6.07, 6.45) is 0.289. The second kappa shape index (κ2) is 11.3. The number of carbonyl (C=O) groups is 3. The van der Waals surface area contributed by atoms with E-state index in [1.807, 2.05) is 24.3 Å². The Hall–Kier alpha value is -4.24. The van der Waals surface area contributed by atoms with E-state index in [9.17, 15) is 29.0 Å². The van der Waals surface area contributed by atoms with Gasteiger partial charge in [0.05, 0.1) is 0 Å². The Morgan fingerprint density at radius 1 is 1.06 bits per heavy atom. The second-order valence-corrected chi connectivity index (χ2v) is 7.70. The predicted octanol–water partition coefficient (Wildman–Crippen LogP) is 3.65. The first kappa shape index (κ1) is 25.4. The number of aryl methyl sites for hydroxylation is 1. The van der Waals surface area contributed by atoms with Gasteiger partial charge in [-0.1, -0.05) is 49.4 Å². The van der Waals surface area contributed by atoms with Gasteiger partial charge in [-0.15, -0.1) is 0 Å². The first-order valence-corrected chi connectivity index (χ1v) is 10.9. The average Bonchev–Trinajstić information content (AvgIpc) is 2.86. The third-order valence-corrected chi connectivity index (χ3v) is 5.51. The largest absolute Gasteiger partial charge is 0.479 e. The van der Waals surface area contributed by atoms with Crippen LogP contribution in [0.25, 0.3) is 11.1 Å². The number of halogens is 1. The van der Waals surface area contributed by atoms with E-state index in [4.69, 9.17) is 4.84 Å². The number of aliphatic carboxylic acids is 1. The summed E-state index contributed by atoms with van der Waals surface area (Å²) in [7, 11) is 0. The topological polar surface area (TPSA) is 116 Å². The fraction of sp³-hybridized carbons (Fsp3) is 0.192. The lowest BCUT2D eigenvalue weighted by Gasteiger charge is -2.35. The molecule has 0 aliphatic rings. The SMILES string of the molecule is CCc1ccc(-c2ccc(ON(C=O)[C@@](CCO)(C(=O)O)C(=O)Nc3cccc(F)c3)cc2)cc1. The van der Waals surface area contributed by atoms with Crippen LogP contribution in [-0.4, -0.2) is 45.7 Å². The van der Waals surface area contributed by atoms with Gasteiger partial charge in [-0.25, -0.2) is 9.18 Å². The maximum Gasteiger partial charge on any atom is 0.343 e. The zero-order valence-electron chi connectivity index (χ0n) is 19.0. The lowest BCUT2D eigenvalue weighted by molar-refractivity contribution is -0.189. The Bertz CT molecular complexity index is 1180. The molecule has 1 atom stereocenters. The number of carboxylic acids is 1. The normalized spacial score (nSPS) is 12.3. The molecule has 3 rings (SSSR count). The van der Waals surface area contributed by atoms with Crippen molar-refractivity contribution in [3.8, 4) is 16.9 Å². The Morgan fingerprint density at radius 2 is 1.69 bits per heavy atom. The molecule has 0 bridgehead atoms. The summed E-state index contributed by atoms with van der Waals surface area (Å²) >= 11 is 0. The van der Waals surface area contributed by atoms with E-state index in [0.717, 1.165) is 29.7 Å². The van der Waals surface area contributed by atoms with Crippen molar-refractivity contribution in [2.24, 2.45) is 0 Å². The third-order valence-electron chi connectivity index (χ3n) is 5.51. The van der Waals surface area contributed by atoms with E-state index in [1.165, 1.54) is 29.8 Å². The summed E-state index contributed by atoms with van der Waals surface area (Å²) < 4.78 is 13.5. The molecule has 0 heterocycles. The number of aliphatic hydroxyl groups is 1. The fourth-order valence-corrected chi connectivity index (χ4v) is 3.53. The summed E-state index contributed by atoms with van der Waals surface area (Å²) in [4.78, 5) is 42.7. The number of aliphatic hydroxyl groups excluding tert-OH is 1. The Kier molecular flexibility index (Phi) is 8.17. The standard InChI is InChI=1S/C26H25FN2O6/c1-2-18-6-8-19(9-7-18)20-10-12-23(13-11-20)35-29(17-31)26(14-15-30,25(33)34)24(32)28-22-5-3-4-21(27)16-22/h3-13,16-17,30H,2,14-15H2,1H3,(H,28,32)(H,33,34)/t26-/m1/s1. The van der Waals surface area contributed by atoms with E-state index in [2.05, 4.69) is 12.2 Å². The van der Waals surface area contributed by atoms with Crippen LogP contribution in [0.1, 0.15) is 18.9 Å². The third kappa shape index (κ3) is 5.64. The number of rotatable bonds is 11. The highest BCUT2D eigenvalue weighted by molar-refractivity contribution is 6.13. The number of benzene rings is 3. The van der Waals surface area contributed by atoms with Gasteiger partial charge in [-0.3, -0.25) is 9.59 Å². The number of anilines is 1. The van der Waals surface area contributed by atoms with Crippen LogP contribution in [0.15, 0.2) is 72.8 Å². The first-order valence-electron chi connectivity index (χ1n) is 10.9.